The molecule has 82 valence electrons. The largest absolute Gasteiger partial charge is 0.0949 e. The molecule has 0 radical (unpaired) electrons. The molecule has 0 aromatic heterocycles. The summed E-state index contributed by atoms with van der Waals surface area (Å²) in [6, 6.07) is 19.0. The van der Waals surface area contributed by atoms with E-state index in [9.17, 15) is 0 Å². The fourth-order valence-electron chi connectivity index (χ4n) is 2.32. The molecule has 0 heterocycles. The van der Waals surface area contributed by atoms with Gasteiger partial charge in [-0.25, -0.2) is 0 Å². The van der Waals surface area contributed by atoms with Crippen LogP contribution in [0, 0.1) is 0 Å². The van der Waals surface area contributed by atoms with Crippen LogP contribution in [-0.4, -0.2) is 0 Å². The quantitative estimate of drug-likeness (QED) is 0.668. The Morgan fingerprint density at radius 3 is 2.35 bits per heavy atom. The van der Waals surface area contributed by atoms with E-state index in [1.165, 1.54) is 27.8 Å². The van der Waals surface area contributed by atoms with Gasteiger partial charge in [-0.1, -0.05) is 61.2 Å². The standard InChI is InChI=1S/C17H14/c1-13-11-15-9-5-6-10-16(15)12-17(13)14-7-3-2-4-8-14/h2-10,12H,1,11H2. The van der Waals surface area contributed by atoms with E-state index in [2.05, 4.69) is 61.2 Å². The van der Waals surface area contributed by atoms with E-state index in [4.69, 9.17) is 0 Å². The number of hydrogen-bond donors (Lipinski definition) is 0. The molecule has 0 aliphatic heterocycles. The van der Waals surface area contributed by atoms with Crippen LogP contribution in [0.15, 0.2) is 66.7 Å². The first-order valence-corrected chi connectivity index (χ1v) is 5.88. The molecule has 0 saturated heterocycles. The van der Waals surface area contributed by atoms with Crippen molar-refractivity contribution >= 4 is 11.6 Å². The summed E-state index contributed by atoms with van der Waals surface area (Å²) >= 11 is 0. The van der Waals surface area contributed by atoms with Crippen LogP contribution in [-0.2, 0) is 6.42 Å². The third kappa shape index (κ3) is 1.83. The summed E-state index contributed by atoms with van der Waals surface area (Å²) in [5.41, 5.74) is 6.42. The normalized spacial score (nSPS) is 14.1. The second kappa shape index (κ2) is 4.06. The summed E-state index contributed by atoms with van der Waals surface area (Å²) in [4.78, 5) is 0. The molecule has 0 saturated carbocycles. The maximum Gasteiger partial charge on any atom is -0.00195 e. The lowest BCUT2D eigenvalue weighted by atomic mass is 9.85. The Balaban J connectivity index is 2.13. The zero-order valence-electron chi connectivity index (χ0n) is 9.69. The van der Waals surface area contributed by atoms with Gasteiger partial charge in [0.1, 0.15) is 0 Å². The number of fused-ring (bicyclic) bond motifs is 1. The predicted octanol–water partition coefficient (Wildman–Crippen LogP) is 4.34. The second-order valence-corrected chi connectivity index (χ2v) is 4.40. The first-order chi connectivity index (χ1) is 8.34. The number of rotatable bonds is 1. The summed E-state index contributed by atoms with van der Waals surface area (Å²) in [6.45, 7) is 4.20. The van der Waals surface area contributed by atoms with Gasteiger partial charge < -0.3 is 0 Å². The number of benzene rings is 2. The van der Waals surface area contributed by atoms with Crippen LogP contribution >= 0.6 is 0 Å². The maximum atomic E-state index is 4.20. The zero-order valence-corrected chi connectivity index (χ0v) is 9.69. The topological polar surface area (TPSA) is 0 Å². The minimum atomic E-state index is 0.955. The lowest BCUT2D eigenvalue weighted by Gasteiger charge is -2.19. The number of hydrogen-bond acceptors (Lipinski definition) is 0. The Morgan fingerprint density at radius 1 is 0.824 bits per heavy atom. The molecule has 0 bridgehead atoms. The molecule has 0 fully saturated rings. The minimum absolute atomic E-state index is 0.955. The van der Waals surface area contributed by atoms with Crippen molar-refractivity contribution in [2.24, 2.45) is 0 Å². The van der Waals surface area contributed by atoms with Crippen molar-refractivity contribution in [3.8, 4) is 0 Å². The van der Waals surface area contributed by atoms with Gasteiger partial charge in [-0.15, -0.1) is 0 Å². The molecule has 1 aliphatic rings. The molecular weight excluding hydrogens is 204 g/mol. The zero-order chi connectivity index (χ0) is 11.7. The van der Waals surface area contributed by atoms with Gasteiger partial charge in [0.05, 0.1) is 0 Å². The van der Waals surface area contributed by atoms with Gasteiger partial charge in [0.2, 0.25) is 0 Å². The smallest absolute Gasteiger partial charge is 0.00195 e. The van der Waals surface area contributed by atoms with Crippen molar-refractivity contribution in [3.63, 3.8) is 0 Å². The summed E-state index contributed by atoms with van der Waals surface area (Å²) in [6.07, 6.45) is 3.20. The van der Waals surface area contributed by atoms with Gasteiger partial charge in [0.15, 0.2) is 0 Å². The van der Waals surface area contributed by atoms with Gasteiger partial charge in [-0.2, -0.15) is 0 Å². The summed E-state index contributed by atoms with van der Waals surface area (Å²) in [7, 11) is 0. The molecule has 2 aromatic carbocycles. The fourth-order valence-corrected chi connectivity index (χ4v) is 2.32. The van der Waals surface area contributed by atoms with Crippen LogP contribution in [0.1, 0.15) is 16.7 Å². The van der Waals surface area contributed by atoms with Crippen LogP contribution < -0.4 is 0 Å². The first-order valence-electron chi connectivity index (χ1n) is 5.88. The first kappa shape index (κ1) is 10.1. The van der Waals surface area contributed by atoms with Crippen LogP contribution in [0.25, 0.3) is 11.6 Å². The molecule has 0 spiro atoms. The molecule has 0 atom stereocenters. The maximum absolute atomic E-state index is 4.20. The van der Waals surface area contributed by atoms with E-state index >= 15 is 0 Å². The van der Waals surface area contributed by atoms with Crippen molar-refractivity contribution in [1.82, 2.24) is 0 Å². The Bertz CT molecular complexity index is 588. The van der Waals surface area contributed by atoms with Crippen molar-refractivity contribution in [3.05, 3.63) is 83.4 Å². The van der Waals surface area contributed by atoms with Gasteiger partial charge in [-0.3, -0.25) is 0 Å². The molecule has 0 nitrogen and oxygen atoms in total. The predicted molar refractivity (Wildman–Crippen MR) is 73.6 cm³/mol. The average Bonchev–Trinajstić information content (AvgIpc) is 2.39. The van der Waals surface area contributed by atoms with Crippen molar-refractivity contribution in [2.75, 3.05) is 0 Å². The Morgan fingerprint density at radius 2 is 1.53 bits per heavy atom. The molecule has 1 aliphatic carbocycles. The van der Waals surface area contributed by atoms with Crippen LogP contribution in [0.5, 0.6) is 0 Å². The monoisotopic (exact) mass is 218 g/mol. The van der Waals surface area contributed by atoms with Crippen molar-refractivity contribution < 1.29 is 0 Å². The van der Waals surface area contributed by atoms with E-state index in [0.717, 1.165) is 6.42 Å². The van der Waals surface area contributed by atoms with Gasteiger partial charge in [0, 0.05) is 0 Å². The minimum Gasteiger partial charge on any atom is -0.0949 e. The van der Waals surface area contributed by atoms with E-state index < -0.39 is 0 Å². The molecule has 0 unspecified atom stereocenters. The molecule has 17 heavy (non-hydrogen) atoms. The molecule has 3 rings (SSSR count). The van der Waals surface area contributed by atoms with Crippen LogP contribution in [0.4, 0.5) is 0 Å². The molecule has 2 aromatic rings. The highest BCUT2D eigenvalue weighted by Crippen LogP contribution is 2.33. The highest BCUT2D eigenvalue weighted by molar-refractivity contribution is 5.93. The SMILES string of the molecule is C=C1Cc2ccccc2C=C1c1ccccc1. The third-order valence-electron chi connectivity index (χ3n) is 3.22. The fraction of sp³-hybridized carbons (Fsp3) is 0.0588. The van der Waals surface area contributed by atoms with Crippen LogP contribution in [0.3, 0.4) is 0 Å². The molecular formula is C17H14. The van der Waals surface area contributed by atoms with Gasteiger partial charge in [-0.05, 0) is 40.3 Å². The average molecular weight is 218 g/mol. The van der Waals surface area contributed by atoms with E-state index in [1.54, 1.807) is 0 Å². The summed E-state index contributed by atoms with van der Waals surface area (Å²) < 4.78 is 0. The van der Waals surface area contributed by atoms with E-state index in [1.807, 2.05) is 6.07 Å². The van der Waals surface area contributed by atoms with E-state index in [0.29, 0.717) is 0 Å². The highest BCUT2D eigenvalue weighted by atomic mass is 14.2. The van der Waals surface area contributed by atoms with E-state index in [-0.39, 0.29) is 0 Å². The van der Waals surface area contributed by atoms with Crippen molar-refractivity contribution in [1.29, 1.82) is 0 Å². The number of allylic oxidation sites excluding steroid dienone is 2. The Labute approximate surface area is 102 Å². The molecule has 0 amide bonds. The second-order valence-electron chi connectivity index (χ2n) is 4.40. The molecule has 0 heteroatoms. The molecule has 0 N–H and O–H groups in total. The lowest BCUT2D eigenvalue weighted by molar-refractivity contribution is 1.19. The van der Waals surface area contributed by atoms with Crippen molar-refractivity contribution in [2.45, 2.75) is 6.42 Å². The van der Waals surface area contributed by atoms with Gasteiger partial charge >= 0.3 is 0 Å². The summed E-state index contributed by atoms with van der Waals surface area (Å²) in [5, 5.41) is 0. The third-order valence-corrected chi connectivity index (χ3v) is 3.22. The highest BCUT2D eigenvalue weighted by Gasteiger charge is 2.14. The Kier molecular flexibility index (Phi) is 2.41. The van der Waals surface area contributed by atoms with Gasteiger partial charge in [0.25, 0.3) is 0 Å². The lowest BCUT2D eigenvalue weighted by Crippen LogP contribution is -2.01. The van der Waals surface area contributed by atoms with Crippen LogP contribution in [0.2, 0.25) is 0 Å². The summed E-state index contributed by atoms with van der Waals surface area (Å²) in [5.74, 6) is 0. The Hall–Kier alpha value is -2.08.